The van der Waals surface area contributed by atoms with E-state index in [4.69, 9.17) is 4.42 Å². The van der Waals surface area contributed by atoms with Crippen LogP contribution in [0.4, 0.5) is 0 Å². The normalized spacial score (nSPS) is 11.8. The van der Waals surface area contributed by atoms with Gasteiger partial charge in [-0.1, -0.05) is 39.8 Å². The van der Waals surface area contributed by atoms with Crippen LogP contribution in [0.15, 0.2) is 39.8 Å². The van der Waals surface area contributed by atoms with Crippen molar-refractivity contribution in [2.75, 3.05) is 13.1 Å². The molecule has 3 rings (SSSR count). The smallest absolute Gasteiger partial charge is 0.297 e. The number of para-hydroxylation sites is 1. The summed E-state index contributed by atoms with van der Waals surface area (Å²) in [6.45, 7) is 9.63. The molecule has 0 saturated carbocycles. The maximum Gasteiger partial charge on any atom is 0.297 e. The highest BCUT2D eigenvalue weighted by molar-refractivity contribution is 6.01. The fourth-order valence-corrected chi connectivity index (χ4v) is 3.13. The van der Waals surface area contributed by atoms with Crippen LogP contribution in [-0.2, 0) is 11.3 Å². The number of benzene rings is 1. The molecule has 0 bridgehead atoms. The predicted octanol–water partition coefficient (Wildman–Crippen LogP) is 3.28. The topological polar surface area (TPSA) is 68.3 Å². The minimum atomic E-state index is -0.325. The summed E-state index contributed by atoms with van der Waals surface area (Å²) in [5.41, 5.74) is 1.03. The molecule has 2 heterocycles. The van der Waals surface area contributed by atoms with Crippen LogP contribution in [0, 0.1) is 11.8 Å². The molecular formula is C20H25N3O3. The van der Waals surface area contributed by atoms with Crippen LogP contribution in [0.2, 0.25) is 0 Å². The molecule has 2 aromatic heterocycles. The van der Waals surface area contributed by atoms with E-state index in [-0.39, 0.29) is 23.6 Å². The van der Waals surface area contributed by atoms with Crippen molar-refractivity contribution in [3.05, 3.63) is 40.9 Å². The standard InChI is InChI=1S/C20H25N3O3/c1-13(2)9-22(10-14(3)4)17(24)11-23-12-21-18-15-7-5-6-8-16(15)26-19(18)20(23)25/h5-8,12-14H,9-11H2,1-4H3. The first-order chi connectivity index (χ1) is 12.4. The zero-order valence-electron chi connectivity index (χ0n) is 15.7. The number of carbonyl (C=O) groups is 1. The first-order valence-electron chi connectivity index (χ1n) is 9.01. The number of hydrogen-bond acceptors (Lipinski definition) is 4. The Morgan fingerprint density at radius 2 is 1.81 bits per heavy atom. The van der Waals surface area contributed by atoms with Gasteiger partial charge in [0, 0.05) is 18.5 Å². The van der Waals surface area contributed by atoms with E-state index >= 15 is 0 Å². The monoisotopic (exact) mass is 355 g/mol. The van der Waals surface area contributed by atoms with Crippen LogP contribution in [-0.4, -0.2) is 33.4 Å². The molecule has 6 nitrogen and oxygen atoms in total. The average Bonchev–Trinajstić information content (AvgIpc) is 2.95. The first-order valence-corrected chi connectivity index (χ1v) is 9.01. The second-order valence-electron chi connectivity index (χ2n) is 7.54. The average molecular weight is 355 g/mol. The largest absolute Gasteiger partial charge is 0.448 e. The van der Waals surface area contributed by atoms with Crippen LogP contribution < -0.4 is 5.56 Å². The van der Waals surface area contributed by atoms with Crippen LogP contribution in [0.25, 0.3) is 22.1 Å². The number of fused-ring (bicyclic) bond motifs is 3. The molecule has 0 aliphatic carbocycles. The van der Waals surface area contributed by atoms with Crippen LogP contribution >= 0.6 is 0 Å². The lowest BCUT2D eigenvalue weighted by atomic mass is 10.1. The van der Waals surface area contributed by atoms with Gasteiger partial charge in [0.25, 0.3) is 5.56 Å². The number of rotatable bonds is 6. The summed E-state index contributed by atoms with van der Waals surface area (Å²) in [5.74, 6) is 0.655. The van der Waals surface area contributed by atoms with Crippen molar-refractivity contribution < 1.29 is 9.21 Å². The highest BCUT2D eigenvalue weighted by Crippen LogP contribution is 2.24. The van der Waals surface area contributed by atoms with Crippen LogP contribution in [0.3, 0.4) is 0 Å². The number of aromatic nitrogens is 2. The van der Waals surface area contributed by atoms with Gasteiger partial charge in [0.15, 0.2) is 0 Å². The van der Waals surface area contributed by atoms with Gasteiger partial charge in [0.1, 0.15) is 17.6 Å². The molecule has 1 amide bonds. The SMILES string of the molecule is CC(C)CN(CC(C)C)C(=O)Cn1cnc2c(oc3ccccc32)c1=O. The van der Waals surface area contributed by atoms with E-state index in [0.717, 1.165) is 5.39 Å². The Hall–Kier alpha value is -2.63. The number of hydrogen-bond donors (Lipinski definition) is 0. The zero-order valence-corrected chi connectivity index (χ0v) is 15.7. The van der Waals surface area contributed by atoms with Gasteiger partial charge in [-0.05, 0) is 24.0 Å². The van der Waals surface area contributed by atoms with E-state index in [1.165, 1.54) is 10.9 Å². The second kappa shape index (κ2) is 7.32. The van der Waals surface area contributed by atoms with Crippen LogP contribution in [0.5, 0.6) is 0 Å². The second-order valence-corrected chi connectivity index (χ2v) is 7.54. The molecule has 1 aromatic carbocycles. The molecule has 0 saturated heterocycles. The Labute approximate surface area is 152 Å². The molecule has 3 aromatic rings. The predicted molar refractivity (Wildman–Crippen MR) is 102 cm³/mol. The van der Waals surface area contributed by atoms with Gasteiger partial charge in [0.05, 0.1) is 6.33 Å². The maximum atomic E-state index is 12.8. The molecule has 0 N–H and O–H groups in total. The maximum absolute atomic E-state index is 12.8. The third-order valence-electron chi connectivity index (χ3n) is 4.18. The molecule has 0 atom stereocenters. The molecule has 0 spiro atoms. The van der Waals surface area contributed by atoms with Crippen molar-refractivity contribution in [1.29, 1.82) is 0 Å². The molecule has 0 unspecified atom stereocenters. The lowest BCUT2D eigenvalue weighted by Gasteiger charge is -2.26. The molecule has 0 radical (unpaired) electrons. The highest BCUT2D eigenvalue weighted by Gasteiger charge is 2.19. The lowest BCUT2D eigenvalue weighted by molar-refractivity contribution is -0.133. The van der Waals surface area contributed by atoms with Crippen molar-refractivity contribution >= 4 is 28.0 Å². The van der Waals surface area contributed by atoms with Gasteiger partial charge < -0.3 is 9.32 Å². The molecule has 6 heteroatoms. The first kappa shape index (κ1) is 18.2. The minimum Gasteiger partial charge on any atom is -0.448 e. The Balaban J connectivity index is 1.92. The summed E-state index contributed by atoms with van der Waals surface area (Å²) in [4.78, 5) is 31.7. The quantitative estimate of drug-likeness (QED) is 0.680. The molecule has 0 aliphatic rings. The van der Waals surface area contributed by atoms with Gasteiger partial charge in [-0.3, -0.25) is 14.2 Å². The fourth-order valence-electron chi connectivity index (χ4n) is 3.13. The van der Waals surface area contributed by atoms with Crippen molar-refractivity contribution in [3.8, 4) is 0 Å². The van der Waals surface area contributed by atoms with Gasteiger partial charge in [-0.15, -0.1) is 0 Å². The van der Waals surface area contributed by atoms with E-state index < -0.39 is 0 Å². The number of nitrogens with zero attached hydrogens (tertiary/aromatic N) is 3. The fraction of sp³-hybridized carbons (Fsp3) is 0.450. The van der Waals surface area contributed by atoms with E-state index in [0.29, 0.717) is 36.0 Å². The van der Waals surface area contributed by atoms with E-state index in [2.05, 4.69) is 32.7 Å². The van der Waals surface area contributed by atoms with Crippen LogP contribution in [0.1, 0.15) is 27.7 Å². The van der Waals surface area contributed by atoms with E-state index in [1.807, 2.05) is 23.1 Å². The summed E-state index contributed by atoms with van der Waals surface area (Å²) >= 11 is 0. The third kappa shape index (κ3) is 3.64. The summed E-state index contributed by atoms with van der Waals surface area (Å²) < 4.78 is 7.01. The molecule has 26 heavy (non-hydrogen) atoms. The van der Waals surface area contributed by atoms with Gasteiger partial charge in [-0.2, -0.15) is 0 Å². The van der Waals surface area contributed by atoms with Gasteiger partial charge >= 0.3 is 0 Å². The van der Waals surface area contributed by atoms with Crippen molar-refractivity contribution in [2.24, 2.45) is 11.8 Å². The minimum absolute atomic E-state index is 0.0295. The Kier molecular flexibility index (Phi) is 5.11. The van der Waals surface area contributed by atoms with Gasteiger partial charge in [-0.25, -0.2) is 4.98 Å². The Morgan fingerprint density at radius 3 is 2.46 bits per heavy atom. The van der Waals surface area contributed by atoms with Crippen molar-refractivity contribution in [2.45, 2.75) is 34.2 Å². The molecule has 0 fully saturated rings. The Morgan fingerprint density at radius 1 is 1.15 bits per heavy atom. The van der Waals surface area contributed by atoms with E-state index in [9.17, 15) is 9.59 Å². The molecule has 138 valence electrons. The van der Waals surface area contributed by atoms with Crippen molar-refractivity contribution in [3.63, 3.8) is 0 Å². The number of furan rings is 1. The summed E-state index contributed by atoms with van der Waals surface area (Å²) in [7, 11) is 0. The van der Waals surface area contributed by atoms with Crippen molar-refractivity contribution in [1.82, 2.24) is 14.5 Å². The molecule has 0 aliphatic heterocycles. The lowest BCUT2D eigenvalue weighted by Crippen LogP contribution is -2.40. The zero-order chi connectivity index (χ0) is 18.8. The van der Waals surface area contributed by atoms with Gasteiger partial charge in [0.2, 0.25) is 11.5 Å². The number of carbonyl (C=O) groups excluding carboxylic acids is 1. The molecular weight excluding hydrogens is 330 g/mol. The third-order valence-corrected chi connectivity index (χ3v) is 4.18. The van der Waals surface area contributed by atoms with E-state index in [1.54, 1.807) is 6.07 Å². The highest BCUT2D eigenvalue weighted by atomic mass is 16.3. The Bertz CT molecular complexity index is 975. The summed E-state index contributed by atoms with van der Waals surface area (Å²) in [6.07, 6.45) is 1.44. The summed E-state index contributed by atoms with van der Waals surface area (Å²) in [5, 5.41) is 0.805. The summed E-state index contributed by atoms with van der Waals surface area (Å²) in [6, 6.07) is 7.40. The number of amides is 1.